The van der Waals surface area contributed by atoms with E-state index < -0.39 is 0 Å². The number of nitriles is 1. The molecule has 2 rings (SSSR count). The minimum Gasteiger partial charge on any atom is -0.482 e. The lowest BCUT2D eigenvalue weighted by Gasteiger charge is -2.10. The van der Waals surface area contributed by atoms with Crippen molar-refractivity contribution in [1.82, 2.24) is 4.57 Å². The Labute approximate surface area is 212 Å². The summed E-state index contributed by atoms with van der Waals surface area (Å²) in [5, 5.41) is 9.63. The van der Waals surface area contributed by atoms with Crippen LogP contribution in [-0.2, 0) is 6.61 Å². The van der Waals surface area contributed by atoms with Crippen LogP contribution in [0, 0.1) is 11.3 Å². The third-order valence-corrected chi connectivity index (χ3v) is 6.41. The highest BCUT2D eigenvalue weighted by atomic mass is 16.5. The van der Waals surface area contributed by atoms with E-state index in [0.29, 0.717) is 0 Å². The van der Waals surface area contributed by atoms with Gasteiger partial charge in [-0.2, -0.15) is 5.26 Å². The minimum absolute atomic E-state index is 0.111. The van der Waals surface area contributed by atoms with Gasteiger partial charge in [0.25, 0.3) is 0 Å². The number of allylic oxidation sites excluding steroid dienone is 1. The third kappa shape index (κ3) is 11.9. The van der Waals surface area contributed by atoms with Crippen LogP contribution in [0.15, 0.2) is 53.5 Å². The molecule has 0 atom stereocenters. The standard InChI is InChI=1S/C31H44N2O2/c1-2-3-4-5-6-7-8-9-10-11-12-13-14-15-16-20-24-33-25-23-30(34)31(29(33)26-32)35-27-28-21-18-17-19-22-28/h17-25H,2-16,27H2,1H3. The summed E-state index contributed by atoms with van der Waals surface area (Å²) >= 11 is 0. The number of ether oxygens (including phenoxy) is 1. The first-order valence-electron chi connectivity index (χ1n) is 13.7. The van der Waals surface area contributed by atoms with E-state index >= 15 is 0 Å². The summed E-state index contributed by atoms with van der Waals surface area (Å²) in [6.07, 6.45) is 25.5. The molecule has 1 aromatic heterocycles. The number of benzene rings is 1. The SMILES string of the molecule is CCCCCCCCCCCCCCCCC=Cn1ccc(=O)c(OCc2ccccc2)c1C#N. The summed E-state index contributed by atoms with van der Waals surface area (Å²) in [6.45, 7) is 2.54. The van der Waals surface area contributed by atoms with Gasteiger partial charge < -0.3 is 9.30 Å². The zero-order chi connectivity index (χ0) is 25.0. The van der Waals surface area contributed by atoms with E-state index in [1.54, 1.807) is 10.8 Å². The summed E-state index contributed by atoms with van der Waals surface area (Å²) in [6, 6.07) is 13.2. The number of aromatic nitrogens is 1. The van der Waals surface area contributed by atoms with Gasteiger partial charge in [-0.25, -0.2) is 0 Å². The van der Waals surface area contributed by atoms with E-state index in [2.05, 4.69) is 19.1 Å². The molecule has 0 fully saturated rings. The molecule has 4 heteroatoms. The molecule has 190 valence electrons. The van der Waals surface area contributed by atoms with Crippen molar-refractivity contribution in [3.63, 3.8) is 0 Å². The molecule has 0 bridgehead atoms. The average Bonchev–Trinajstić information content (AvgIpc) is 2.88. The molecule has 0 saturated carbocycles. The van der Waals surface area contributed by atoms with Gasteiger partial charge in [0.15, 0.2) is 5.69 Å². The molecule has 35 heavy (non-hydrogen) atoms. The Hall–Kier alpha value is -2.80. The Morgan fingerprint density at radius 3 is 1.97 bits per heavy atom. The lowest BCUT2D eigenvalue weighted by molar-refractivity contribution is 0.300. The fraction of sp³-hybridized carbons (Fsp3) is 0.548. The predicted molar refractivity (Wildman–Crippen MR) is 146 cm³/mol. The predicted octanol–water partition coefficient (Wildman–Crippen LogP) is 8.64. The number of rotatable bonds is 19. The number of nitrogens with zero attached hydrogens (tertiary/aromatic N) is 2. The number of pyridine rings is 1. The molecule has 0 spiro atoms. The van der Waals surface area contributed by atoms with Gasteiger partial charge in [-0.15, -0.1) is 0 Å². The summed E-state index contributed by atoms with van der Waals surface area (Å²) in [4.78, 5) is 12.3. The van der Waals surface area contributed by atoms with Crippen molar-refractivity contribution >= 4 is 6.20 Å². The summed E-state index contributed by atoms with van der Waals surface area (Å²) in [5.74, 6) is 0.111. The van der Waals surface area contributed by atoms with Gasteiger partial charge in [0, 0.05) is 18.5 Å². The molecule has 0 radical (unpaired) electrons. The molecular formula is C31H44N2O2. The maximum absolute atomic E-state index is 12.3. The van der Waals surface area contributed by atoms with Crippen LogP contribution < -0.4 is 10.2 Å². The Balaban J connectivity index is 1.60. The molecule has 0 saturated heterocycles. The van der Waals surface area contributed by atoms with Crippen molar-refractivity contribution in [2.75, 3.05) is 0 Å². The van der Waals surface area contributed by atoms with Gasteiger partial charge in [0.1, 0.15) is 12.7 Å². The molecule has 0 aliphatic heterocycles. The number of hydrogen-bond donors (Lipinski definition) is 0. The average molecular weight is 477 g/mol. The van der Waals surface area contributed by atoms with E-state index in [-0.39, 0.29) is 23.5 Å². The minimum atomic E-state index is -0.269. The Morgan fingerprint density at radius 1 is 0.829 bits per heavy atom. The molecule has 1 aromatic carbocycles. The van der Waals surface area contributed by atoms with E-state index in [1.165, 1.54) is 89.5 Å². The van der Waals surface area contributed by atoms with Crippen LogP contribution in [0.2, 0.25) is 0 Å². The van der Waals surface area contributed by atoms with Gasteiger partial charge in [-0.3, -0.25) is 4.79 Å². The number of unbranched alkanes of at least 4 members (excludes halogenated alkanes) is 14. The molecule has 0 N–H and O–H groups in total. The Bertz CT molecular complexity index is 941. The lowest BCUT2D eigenvalue weighted by atomic mass is 10.0. The van der Waals surface area contributed by atoms with Crippen LogP contribution in [0.25, 0.3) is 6.20 Å². The van der Waals surface area contributed by atoms with Gasteiger partial charge in [0.2, 0.25) is 11.2 Å². The molecule has 0 unspecified atom stereocenters. The van der Waals surface area contributed by atoms with Crippen molar-refractivity contribution in [3.8, 4) is 11.8 Å². The van der Waals surface area contributed by atoms with Crippen LogP contribution >= 0.6 is 0 Å². The van der Waals surface area contributed by atoms with E-state index in [4.69, 9.17) is 4.74 Å². The first-order chi connectivity index (χ1) is 17.3. The Kier molecular flexibility index (Phi) is 15.0. The first-order valence-corrected chi connectivity index (χ1v) is 13.7. The second-order valence-electron chi connectivity index (χ2n) is 9.42. The second-order valence-corrected chi connectivity index (χ2v) is 9.42. The maximum atomic E-state index is 12.3. The maximum Gasteiger partial charge on any atom is 0.224 e. The summed E-state index contributed by atoms with van der Waals surface area (Å²) in [7, 11) is 0. The topological polar surface area (TPSA) is 55.0 Å². The van der Waals surface area contributed by atoms with Crippen LogP contribution in [-0.4, -0.2) is 4.57 Å². The second kappa shape index (κ2) is 18.5. The zero-order valence-corrected chi connectivity index (χ0v) is 21.7. The smallest absolute Gasteiger partial charge is 0.224 e. The molecule has 2 aromatic rings. The quantitative estimate of drug-likeness (QED) is 0.191. The van der Waals surface area contributed by atoms with Gasteiger partial charge >= 0.3 is 0 Å². The summed E-state index contributed by atoms with van der Waals surface area (Å²) in [5.41, 5.74) is 0.930. The molecule has 0 aliphatic carbocycles. The highest BCUT2D eigenvalue weighted by molar-refractivity contribution is 5.43. The highest BCUT2D eigenvalue weighted by Crippen LogP contribution is 2.16. The largest absolute Gasteiger partial charge is 0.482 e. The van der Waals surface area contributed by atoms with E-state index in [9.17, 15) is 10.1 Å². The van der Waals surface area contributed by atoms with Crippen molar-refractivity contribution in [3.05, 3.63) is 70.2 Å². The third-order valence-electron chi connectivity index (χ3n) is 6.41. The van der Waals surface area contributed by atoms with Crippen molar-refractivity contribution in [1.29, 1.82) is 5.26 Å². The normalized spacial score (nSPS) is 11.1. The molecule has 4 nitrogen and oxygen atoms in total. The van der Waals surface area contributed by atoms with E-state index in [0.717, 1.165) is 18.4 Å². The molecule has 0 amide bonds. The first kappa shape index (κ1) is 28.4. The van der Waals surface area contributed by atoms with Crippen molar-refractivity contribution in [2.24, 2.45) is 0 Å². The van der Waals surface area contributed by atoms with Gasteiger partial charge in [-0.1, -0.05) is 127 Å². The molecular weight excluding hydrogens is 432 g/mol. The zero-order valence-electron chi connectivity index (χ0n) is 21.7. The fourth-order valence-electron chi connectivity index (χ4n) is 4.28. The highest BCUT2D eigenvalue weighted by Gasteiger charge is 2.11. The number of hydrogen-bond acceptors (Lipinski definition) is 3. The van der Waals surface area contributed by atoms with Crippen LogP contribution in [0.1, 0.15) is 114 Å². The molecule has 1 heterocycles. The van der Waals surface area contributed by atoms with Gasteiger partial charge in [0.05, 0.1) is 0 Å². The van der Waals surface area contributed by atoms with Crippen molar-refractivity contribution in [2.45, 2.75) is 110 Å². The van der Waals surface area contributed by atoms with Crippen LogP contribution in [0.5, 0.6) is 5.75 Å². The van der Waals surface area contributed by atoms with E-state index in [1.807, 2.05) is 36.5 Å². The monoisotopic (exact) mass is 476 g/mol. The van der Waals surface area contributed by atoms with Crippen LogP contribution in [0.3, 0.4) is 0 Å². The van der Waals surface area contributed by atoms with Crippen molar-refractivity contribution < 1.29 is 4.74 Å². The summed E-state index contributed by atoms with van der Waals surface area (Å²) < 4.78 is 7.41. The Morgan fingerprint density at radius 2 is 1.40 bits per heavy atom. The fourth-order valence-corrected chi connectivity index (χ4v) is 4.28. The lowest BCUT2D eigenvalue weighted by Crippen LogP contribution is -2.13. The van der Waals surface area contributed by atoms with Crippen LogP contribution in [0.4, 0.5) is 0 Å². The van der Waals surface area contributed by atoms with Gasteiger partial charge in [-0.05, 0) is 18.4 Å². The molecule has 0 aliphatic rings.